The molecule has 0 aliphatic rings. The van der Waals surface area contributed by atoms with Gasteiger partial charge in [-0.1, -0.05) is 35.3 Å². The van der Waals surface area contributed by atoms with Crippen LogP contribution in [0.1, 0.15) is 11.1 Å². The lowest BCUT2D eigenvalue weighted by atomic mass is 9.99. The molecule has 0 aliphatic heterocycles. The van der Waals surface area contributed by atoms with Crippen molar-refractivity contribution in [3.63, 3.8) is 0 Å². The number of nitrogens with one attached hydrogen (secondary N) is 1. The van der Waals surface area contributed by atoms with E-state index in [1.54, 1.807) is 12.1 Å². The van der Waals surface area contributed by atoms with Crippen LogP contribution < -0.4 is 11.3 Å². The number of hydrogen-bond donors (Lipinski definition) is 2. The van der Waals surface area contributed by atoms with Gasteiger partial charge >= 0.3 is 0 Å². The van der Waals surface area contributed by atoms with E-state index in [-0.39, 0.29) is 6.04 Å². The van der Waals surface area contributed by atoms with Crippen molar-refractivity contribution in [2.45, 2.75) is 18.9 Å². The summed E-state index contributed by atoms with van der Waals surface area (Å²) in [5, 5.41) is 0.955. The summed E-state index contributed by atoms with van der Waals surface area (Å²) in [6.45, 7) is 0. The third-order valence-electron chi connectivity index (χ3n) is 3.17. The van der Waals surface area contributed by atoms with Gasteiger partial charge in [-0.2, -0.15) is 0 Å². The Kier molecular flexibility index (Phi) is 5.53. The van der Waals surface area contributed by atoms with Crippen LogP contribution in [0.15, 0.2) is 36.4 Å². The highest BCUT2D eigenvalue weighted by atomic mass is 35.5. The van der Waals surface area contributed by atoms with Crippen LogP contribution in [0.4, 0.5) is 8.78 Å². The fourth-order valence-electron chi connectivity index (χ4n) is 2.09. The average Bonchev–Trinajstić information content (AvgIpc) is 2.46. The van der Waals surface area contributed by atoms with Gasteiger partial charge in [0.15, 0.2) is 11.6 Å². The monoisotopic (exact) mass is 330 g/mol. The number of nitrogens with two attached hydrogens (primary N) is 1. The van der Waals surface area contributed by atoms with Crippen molar-refractivity contribution in [2.24, 2.45) is 5.84 Å². The third-order valence-corrected chi connectivity index (χ3v) is 3.91. The number of rotatable bonds is 5. The lowest BCUT2D eigenvalue weighted by molar-refractivity contribution is 0.498. The van der Waals surface area contributed by atoms with Gasteiger partial charge in [0, 0.05) is 6.04 Å². The maximum atomic E-state index is 13.2. The average molecular weight is 331 g/mol. The van der Waals surface area contributed by atoms with Crippen molar-refractivity contribution in [3.05, 3.63) is 69.2 Å². The molecule has 2 rings (SSSR count). The van der Waals surface area contributed by atoms with Crippen LogP contribution in [0.3, 0.4) is 0 Å². The molecule has 1 unspecified atom stereocenters. The summed E-state index contributed by atoms with van der Waals surface area (Å²) in [6, 6.07) is 9.02. The maximum Gasteiger partial charge on any atom is 0.159 e. The molecule has 0 fully saturated rings. The molecule has 0 saturated heterocycles. The van der Waals surface area contributed by atoms with Crippen molar-refractivity contribution in [3.8, 4) is 0 Å². The Bertz CT molecular complexity index is 582. The molecule has 0 spiro atoms. The lowest BCUT2D eigenvalue weighted by Crippen LogP contribution is -2.38. The van der Waals surface area contributed by atoms with Crippen LogP contribution >= 0.6 is 23.2 Å². The minimum absolute atomic E-state index is 0.132. The molecule has 3 N–H and O–H groups in total. The molecule has 0 bridgehead atoms. The summed E-state index contributed by atoms with van der Waals surface area (Å²) in [6.07, 6.45) is 1.06. The van der Waals surface area contributed by atoms with E-state index in [1.807, 2.05) is 6.07 Å². The van der Waals surface area contributed by atoms with Gasteiger partial charge in [-0.15, -0.1) is 0 Å². The normalized spacial score (nSPS) is 12.4. The van der Waals surface area contributed by atoms with Gasteiger partial charge in [-0.05, 0) is 48.2 Å². The Balaban J connectivity index is 2.08. The number of benzene rings is 2. The second-order valence-corrected chi connectivity index (χ2v) is 5.58. The van der Waals surface area contributed by atoms with Crippen LogP contribution in [-0.4, -0.2) is 6.04 Å². The number of hydrazine groups is 1. The Labute approximate surface area is 131 Å². The molecule has 0 heterocycles. The van der Waals surface area contributed by atoms with Crippen LogP contribution in [0.2, 0.25) is 10.0 Å². The molecule has 0 amide bonds. The minimum Gasteiger partial charge on any atom is -0.271 e. The van der Waals surface area contributed by atoms with Crippen molar-refractivity contribution in [1.29, 1.82) is 0 Å². The van der Waals surface area contributed by atoms with Gasteiger partial charge in [0.05, 0.1) is 10.0 Å². The fraction of sp³-hybridized carbons (Fsp3) is 0.200. The molecule has 21 heavy (non-hydrogen) atoms. The van der Waals surface area contributed by atoms with Crippen molar-refractivity contribution < 1.29 is 8.78 Å². The molecule has 0 aliphatic carbocycles. The first-order valence-corrected chi connectivity index (χ1v) is 7.09. The van der Waals surface area contributed by atoms with Crippen molar-refractivity contribution in [2.75, 3.05) is 0 Å². The molecular weight excluding hydrogens is 317 g/mol. The summed E-state index contributed by atoms with van der Waals surface area (Å²) in [4.78, 5) is 0. The molecule has 2 aromatic rings. The van der Waals surface area contributed by atoms with E-state index < -0.39 is 11.6 Å². The van der Waals surface area contributed by atoms with Crippen molar-refractivity contribution >= 4 is 23.2 Å². The number of halogens is 4. The zero-order valence-corrected chi connectivity index (χ0v) is 12.6. The van der Waals surface area contributed by atoms with E-state index in [2.05, 4.69) is 5.43 Å². The van der Waals surface area contributed by atoms with Gasteiger partial charge in [-0.3, -0.25) is 11.3 Å². The molecule has 0 aromatic heterocycles. The summed E-state index contributed by atoms with van der Waals surface area (Å²) in [5.41, 5.74) is 4.29. The molecule has 0 saturated carbocycles. The number of hydrogen-bond acceptors (Lipinski definition) is 2. The molecule has 6 heteroatoms. The Hall–Kier alpha value is -1.20. The summed E-state index contributed by atoms with van der Waals surface area (Å²) in [7, 11) is 0. The lowest BCUT2D eigenvalue weighted by Gasteiger charge is -2.16. The maximum absolute atomic E-state index is 13.2. The quantitative estimate of drug-likeness (QED) is 0.644. The molecule has 2 aromatic carbocycles. The Morgan fingerprint density at radius 1 is 0.905 bits per heavy atom. The topological polar surface area (TPSA) is 38.0 Å². The SMILES string of the molecule is NNC(Cc1ccc(F)c(F)c1)Cc1ccc(Cl)c(Cl)c1. The van der Waals surface area contributed by atoms with E-state index in [0.717, 1.165) is 11.6 Å². The van der Waals surface area contributed by atoms with E-state index >= 15 is 0 Å². The van der Waals surface area contributed by atoms with Crippen LogP contribution in [-0.2, 0) is 12.8 Å². The van der Waals surface area contributed by atoms with Crippen LogP contribution in [0.5, 0.6) is 0 Å². The highest BCUT2D eigenvalue weighted by Gasteiger charge is 2.12. The smallest absolute Gasteiger partial charge is 0.159 e. The predicted octanol–water partition coefficient (Wildman–Crippen LogP) is 3.89. The third kappa shape index (κ3) is 4.38. The van der Waals surface area contributed by atoms with Gasteiger partial charge in [-0.25, -0.2) is 8.78 Å². The largest absolute Gasteiger partial charge is 0.271 e. The second kappa shape index (κ2) is 7.18. The van der Waals surface area contributed by atoms with Gasteiger partial charge < -0.3 is 0 Å². The first-order chi connectivity index (χ1) is 9.99. The second-order valence-electron chi connectivity index (χ2n) is 4.77. The molecule has 0 radical (unpaired) electrons. The van der Waals surface area contributed by atoms with E-state index in [4.69, 9.17) is 29.0 Å². The van der Waals surface area contributed by atoms with E-state index in [0.29, 0.717) is 28.5 Å². The summed E-state index contributed by atoms with van der Waals surface area (Å²) in [5.74, 6) is 3.80. The molecule has 2 nitrogen and oxygen atoms in total. The molecular formula is C15H14Cl2F2N2. The predicted molar refractivity (Wildman–Crippen MR) is 81.3 cm³/mol. The highest BCUT2D eigenvalue weighted by Crippen LogP contribution is 2.23. The molecule has 112 valence electrons. The summed E-state index contributed by atoms with van der Waals surface area (Å²) >= 11 is 11.8. The first kappa shape index (κ1) is 16.2. The fourth-order valence-corrected chi connectivity index (χ4v) is 2.41. The van der Waals surface area contributed by atoms with Crippen molar-refractivity contribution in [1.82, 2.24) is 5.43 Å². The van der Waals surface area contributed by atoms with Gasteiger partial charge in [0.2, 0.25) is 0 Å². The van der Waals surface area contributed by atoms with Gasteiger partial charge in [0.25, 0.3) is 0 Å². The standard InChI is InChI=1S/C15H14Cl2F2N2/c16-12-3-1-9(7-13(12)17)5-11(21-20)6-10-2-4-14(18)15(19)8-10/h1-4,7-8,11,21H,5-6,20H2. The highest BCUT2D eigenvalue weighted by molar-refractivity contribution is 6.42. The van der Waals surface area contributed by atoms with Crippen LogP contribution in [0, 0.1) is 11.6 Å². The Morgan fingerprint density at radius 2 is 1.52 bits per heavy atom. The molecule has 1 atom stereocenters. The van der Waals surface area contributed by atoms with E-state index in [1.165, 1.54) is 12.1 Å². The zero-order chi connectivity index (χ0) is 15.4. The summed E-state index contributed by atoms with van der Waals surface area (Å²) < 4.78 is 26.1. The zero-order valence-electron chi connectivity index (χ0n) is 11.0. The van der Waals surface area contributed by atoms with E-state index in [9.17, 15) is 8.78 Å². The first-order valence-electron chi connectivity index (χ1n) is 6.33. The van der Waals surface area contributed by atoms with Crippen LogP contribution in [0.25, 0.3) is 0 Å². The minimum atomic E-state index is -0.863. The van der Waals surface area contributed by atoms with Gasteiger partial charge in [0.1, 0.15) is 0 Å². The Morgan fingerprint density at radius 3 is 2.10 bits per heavy atom.